The lowest BCUT2D eigenvalue weighted by molar-refractivity contribution is 0.183. The Hall–Kier alpha value is -1.13. The first-order valence-corrected chi connectivity index (χ1v) is 6.75. The van der Waals surface area contributed by atoms with Crippen molar-refractivity contribution >= 4 is 5.69 Å². The molecule has 0 aromatic heterocycles. The Morgan fingerprint density at radius 1 is 1.42 bits per heavy atom. The maximum atomic E-state index is 14.1. The number of nitrogens with zero attached hydrogens (tertiary/aromatic N) is 1. The summed E-state index contributed by atoms with van der Waals surface area (Å²) in [4.78, 5) is 1.89. The van der Waals surface area contributed by atoms with Crippen molar-refractivity contribution in [2.75, 3.05) is 25.7 Å². The minimum Gasteiger partial charge on any atom is -0.383 e. The maximum absolute atomic E-state index is 14.1. The summed E-state index contributed by atoms with van der Waals surface area (Å²) in [5, 5.41) is 0. The van der Waals surface area contributed by atoms with Crippen LogP contribution in [0.1, 0.15) is 25.8 Å². The van der Waals surface area contributed by atoms with Crippen LogP contribution in [0, 0.1) is 5.82 Å². The molecule has 0 heterocycles. The average molecular weight is 268 g/mol. The molecule has 0 amide bonds. The molecular formula is C15H25FN2O. The Bertz CT molecular complexity index is 398. The minimum atomic E-state index is -0.203. The van der Waals surface area contributed by atoms with Gasteiger partial charge >= 0.3 is 0 Å². The van der Waals surface area contributed by atoms with Crippen LogP contribution in [-0.2, 0) is 11.2 Å². The lowest BCUT2D eigenvalue weighted by Gasteiger charge is -2.27. The first kappa shape index (κ1) is 15.9. The molecule has 108 valence electrons. The van der Waals surface area contributed by atoms with E-state index in [4.69, 9.17) is 10.5 Å². The predicted molar refractivity (Wildman–Crippen MR) is 78.1 cm³/mol. The summed E-state index contributed by atoms with van der Waals surface area (Å²) in [5.41, 5.74) is 7.43. The molecule has 1 aromatic rings. The molecule has 0 aliphatic rings. The first-order chi connectivity index (χ1) is 8.99. The summed E-state index contributed by atoms with van der Waals surface area (Å²) < 4.78 is 19.2. The zero-order valence-electron chi connectivity index (χ0n) is 12.3. The van der Waals surface area contributed by atoms with Crippen molar-refractivity contribution in [1.29, 1.82) is 0 Å². The zero-order chi connectivity index (χ0) is 14.4. The number of hydrogen-bond acceptors (Lipinski definition) is 3. The van der Waals surface area contributed by atoms with Crippen LogP contribution in [0.5, 0.6) is 0 Å². The summed E-state index contributed by atoms with van der Waals surface area (Å²) in [6.45, 7) is 4.61. The maximum Gasteiger partial charge on any atom is 0.146 e. The van der Waals surface area contributed by atoms with Crippen LogP contribution in [-0.4, -0.2) is 32.8 Å². The smallest absolute Gasteiger partial charge is 0.146 e. The van der Waals surface area contributed by atoms with E-state index in [1.807, 2.05) is 37.9 Å². The zero-order valence-corrected chi connectivity index (χ0v) is 12.3. The Morgan fingerprint density at radius 3 is 2.63 bits per heavy atom. The van der Waals surface area contributed by atoms with Gasteiger partial charge in [0.15, 0.2) is 0 Å². The monoisotopic (exact) mass is 268 g/mol. The number of anilines is 1. The Kier molecular flexibility index (Phi) is 6.25. The number of ether oxygens (including phenoxy) is 1. The van der Waals surface area contributed by atoms with Gasteiger partial charge in [0.2, 0.25) is 0 Å². The largest absolute Gasteiger partial charge is 0.383 e. The number of benzene rings is 1. The molecule has 0 radical (unpaired) electrons. The minimum absolute atomic E-state index is 0.0930. The van der Waals surface area contributed by atoms with Gasteiger partial charge < -0.3 is 15.4 Å². The van der Waals surface area contributed by atoms with E-state index in [2.05, 4.69) is 0 Å². The van der Waals surface area contributed by atoms with Crippen LogP contribution < -0.4 is 10.6 Å². The van der Waals surface area contributed by atoms with Crippen molar-refractivity contribution in [2.24, 2.45) is 5.73 Å². The fourth-order valence-electron chi connectivity index (χ4n) is 2.00. The van der Waals surface area contributed by atoms with Crippen LogP contribution in [0.3, 0.4) is 0 Å². The Morgan fingerprint density at radius 2 is 2.11 bits per heavy atom. The highest BCUT2D eigenvalue weighted by Gasteiger charge is 2.14. The van der Waals surface area contributed by atoms with E-state index in [1.165, 1.54) is 0 Å². The number of methoxy groups -OCH3 is 1. The molecule has 2 unspecified atom stereocenters. The van der Waals surface area contributed by atoms with E-state index in [-0.39, 0.29) is 17.9 Å². The number of hydrogen-bond donors (Lipinski definition) is 1. The summed E-state index contributed by atoms with van der Waals surface area (Å²) in [7, 11) is 3.52. The average Bonchev–Trinajstić information content (AvgIpc) is 2.38. The highest BCUT2D eigenvalue weighted by molar-refractivity contribution is 5.49. The fourth-order valence-corrected chi connectivity index (χ4v) is 2.00. The van der Waals surface area contributed by atoms with Gasteiger partial charge in [-0.3, -0.25) is 0 Å². The molecular weight excluding hydrogens is 243 g/mol. The number of likely N-dealkylation sites (N-methyl/N-ethyl adjacent to an activating group) is 1. The van der Waals surface area contributed by atoms with Gasteiger partial charge in [-0.25, -0.2) is 4.39 Å². The lowest BCUT2D eigenvalue weighted by atomic mass is 10.0. The second-order valence-corrected chi connectivity index (χ2v) is 5.07. The molecule has 0 saturated heterocycles. The molecule has 0 bridgehead atoms. The molecule has 2 N–H and O–H groups in total. The molecule has 3 nitrogen and oxygen atoms in total. The van der Waals surface area contributed by atoms with Gasteiger partial charge in [-0.2, -0.15) is 0 Å². The predicted octanol–water partition coefficient (Wildman–Crippen LogP) is 2.58. The number of rotatable bonds is 7. The first-order valence-electron chi connectivity index (χ1n) is 6.75. The van der Waals surface area contributed by atoms with Crippen molar-refractivity contribution < 1.29 is 9.13 Å². The standard InChI is InChI=1S/C15H25FN2O/c1-5-13(17)8-12-6-7-15(14(16)9-12)18(3)11(2)10-19-4/h6-7,9,11,13H,5,8,10,17H2,1-4H3. The van der Waals surface area contributed by atoms with Crippen molar-refractivity contribution in [3.05, 3.63) is 29.6 Å². The highest BCUT2D eigenvalue weighted by Crippen LogP contribution is 2.22. The molecule has 0 aliphatic heterocycles. The number of nitrogens with two attached hydrogens (primary N) is 1. The molecule has 0 aliphatic carbocycles. The van der Waals surface area contributed by atoms with Gasteiger partial charge in [-0.05, 0) is 37.5 Å². The molecule has 1 aromatic carbocycles. The van der Waals surface area contributed by atoms with Gasteiger partial charge in [-0.15, -0.1) is 0 Å². The van der Waals surface area contributed by atoms with E-state index < -0.39 is 0 Å². The second kappa shape index (κ2) is 7.46. The van der Waals surface area contributed by atoms with Gasteiger partial charge in [0.1, 0.15) is 5.82 Å². The number of halogens is 1. The van der Waals surface area contributed by atoms with Gasteiger partial charge in [0.05, 0.1) is 12.3 Å². The molecule has 0 saturated carbocycles. The van der Waals surface area contributed by atoms with E-state index in [1.54, 1.807) is 13.2 Å². The van der Waals surface area contributed by atoms with Crippen LogP contribution in [0.4, 0.5) is 10.1 Å². The van der Waals surface area contributed by atoms with Crippen LogP contribution in [0.2, 0.25) is 0 Å². The third-order valence-corrected chi connectivity index (χ3v) is 3.48. The summed E-state index contributed by atoms with van der Waals surface area (Å²) >= 11 is 0. The van der Waals surface area contributed by atoms with Crippen molar-refractivity contribution in [3.8, 4) is 0 Å². The van der Waals surface area contributed by atoms with Crippen molar-refractivity contribution in [3.63, 3.8) is 0 Å². The molecule has 4 heteroatoms. The molecule has 2 atom stereocenters. The van der Waals surface area contributed by atoms with Crippen molar-refractivity contribution in [1.82, 2.24) is 0 Å². The summed E-state index contributed by atoms with van der Waals surface area (Å²) in [6, 6.07) is 5.57. The van der Waals surface area contributed by atoms with Gasteiger partial charge in [-0.1, -0.05) is 13.0 Å². The topological polar surface area (TPSA) is 38.5 Å². The Balaban J connectivity index is 2.82. The molecule has 0 fully saturated rings. The van der Waals surface area contributed by atoms with E-state index in [0.29, 0.717) is 18.7 Å². The SMILES string of the molecule is CCC(N)Cc1ccc(N(C)C(C)COC)c(F)c1. The summed E-state index contributed by atoms with van der Waals surface area (Å²) in [6.07, 6.45) is 1.61. The normalized spacial score (nSPS) is 14.2. The van der Waals surface area contributed by atoms with Crippen molar-refractivity contribution in [2.45, 2.75) is 38.8 Å². The molecule has 1 rings (SSSR count). The van der Waals surface area contributed by atoms with Crippen LogP contribution in [0.15, 0.2) is 18.2 Å². The van der Waals surface area contributed by atoms with Gasteiger partial charge in [0, 0.05) is 26.2 Å². The third kappa shape index (κ3) is 4.48. The van der Waals surface area contributed by atoms with Crippen LogP contribution >= 0.6 is 0 Å². The lowest BCUT2D eigenvalue weighted by Crippen LogP contribution is -2.33. The fraction of sp³-hybridized carbons (Fsp3) is 0.600. The summed E-state index contributed by atoms with van der Waals surface area (Å²) in [5.74, 6) is -0.203. The highest BCUT2D eigenvalue weighted by atomic mass is 19.1. The second-order valence-electron chi connectivity index (χ2n) is 5.07. The molecule has 19 heavy (non-hydrogen) atoms. The molecule has 0 spiro atoms. The van der Waals surface area contributed by atoms with Crippen LogP contribution in [0.25, 0.3) is 0 Å². The van der Waals surface area contributed by atoms with E-state index in [9.17, 15) is 4.39 Å². The van der Waals surface area contributed by atoms with E-state index >= 15 is 0 Å². The third-order valence-electron chi connectivity index (χ3n) is 3.48. The Labute approximate surface area is 115 Å². The van der Waals surface area contributed by atoms with Gasteiger partial charge in [0.25, 0.3) is 0 Å². The van der Waals surface area contributed by atoms with E-state index in [0.717, 1.165) is 12.0 Å². The quantitative estimate of drug-likeness (QED) is 0.826.